The third kappa shape index (κ3) is 3.04. The van der Waals surface area contributed by atoms with Crippen LogP contribution in [0.5, 0.6) is 0 Å². The van der Waals surface area contributed by atoms with Crippen molar-refractivity contribution in [3.63, 3.8) is 0 Å². The van der Waals surface area contributed by atoms with Crippen molar-refractivity contribution < 1.29 is 4.92 Å². The molecule has 0 aliphatic heterocycles. The van der Waals surface area contributed by atoms with Gasteiger partial charge in [0.15, 0.2) is 4.34 Å². The molecule has 0 amide bonds. The summed E-state index contributed by atoms with van der Waals surface area (Å²) in [5.74, 6) is 0. The molecule has 1 aromatic carbocycles. The molecule has 7 nitrogen and oxygen atoms in total. The first-order chi connectivity index (χ1) is 9.51. The van der Waals surface area contributed by atoms with Gasteiger partial charge in [0, 0.05) is 20.2 Å². The Labute approximate surface area is 123 Å². The topological polar surface area (TPSA) is 96.0 Å². The first-order valence-corrected chi connectivity index (χ1v) is 7.02. The van der Waals surface area contributed by atoms with Crippen molar-refractivity contribution in [3.8, 4) is 6.07 Å². The molecule has 0 aliphatic rings. The van der Waals surface area contributed by atoms with Gasteiger partial charge in [-0.3, -0.25) is 10.1 Å². The molecular formula is C11H9N5O2S2. The summed E-state index contributed by atoms with van der Waals surface area (Å²) in [5.41, 5.74) is 0.325. The van der Waals surface area contributed by atoms with Gasteiger partial charge in [0.25, 0.3) is 5.69 Å². The molecule has 0 saturated carbocycles. The van der Waals surface area contributed by atoms with Gasteiger partial charge in [-0.05, 0) is 23.9 Å². The molecule has 1 aromatic heterocycles. The smallest absolute Gasteiger partial charge is 0.283 e. The third-order valence-electron chi connectivity index (χ3n) is 2.26. The van der Waals surface area contributed by atoms with Gasteiger partial charge in [-0.2, -0.15) is 5.26 Å². The molecule has 0 radical (unpaired) electrons. The fraction of sp³-hybridized carbons (Fsp3) is 0.182. The lowest BCUT2D eigenvalue weighted by molar-refractivity contribution is -0.387. The van der Waals surface area contributed by atoms with Crippen LogP contribution in [-0.2, 0) is 0 Å². The highest BCUT2D eigenvalue weighted by molar-refractivity contribution is 8.01. The van der Waals surface area contributed by atoms with Gasteiger partial charge in [0.05, 0.1) is 21.5 Å². The summed E-state index contributed by atoms with van der Waals surface area (Å²) in [6, 6.07) is 6.20. The van der Waals surface area contributed by atoms with E-state index in [2.05, 4.69) is 10.2 Å². The van der Waals surface area contributed by atoms with E-state index < -0.39 is 4.92 Å². The van der Waals surface area contributed by atoms with Crippen LogP contribution in [0.3, 0.4) is 0 Å². The van der Waals surface area contributed by atoms with Crippen molar-refractivity contribution in [2.24, 2.45) is 0 Å². The highest BCUT2D eigenvalue weighted by Crippen LogP contribution is 2.37. The quantitative estimate of drug-likeness (QED) is 0.632. The average Bonchev–Trinajstić information content (AvgIpc) is 2.87. The van der Waals surface area contributed by atoms with Crippen LogP contribution in [-0.4, -0.2) is 29.2 Å². The van der Waals surface area contributed by atoms with Gasteiger partial charge in [-0.1, -0.05) is 11.3 Å². The van der Waals surface area contributed by atoms with Crippen LogP contribution in [0.15, 0.2) is 27.4 Å². The van der Waals surface area contributed by atoms with E-state index in [1.807, 2.05) is 25.1 Å². The molecule has 20 heavy (non-hydrogen) atoms. The molecule has 0 fully saturated rings. The summed E-state index contributed by atoms with van der Waals surface area (Å²) in [6.07, 6.45) is 0. The van der Waals surface area contributed by atoms with Crippen molar-refractivity contribution in [2.45, 2.75) is 9.24 Å². The highest BCUT2D eigenvalue weighted by atomic mass is 32.2. The zero-order valence-corrected chi connectivity index (χ0v) is 12.2. The molecule has 102 valence electrons. The van der Waals surface area contributed by atoms with E-state index in [0.29, 0.717) is 19.9 Å². The summed E-state index contributed by atoms with van der Waals surface area (Å²) in [7, 11) is 3.68. The van der Waals surface area contributed by atoms with Crippen molar-refractivity contribution in [1.29, 1.82) is 5.26 Å². The first-order valence-electron chi connectivity index (χ1n) is 5.38. The summed E-state index contributed by atoms with van der Waals surface area (Å²) in [5, 5.41) is 28.5. The molecule has 0 spiro atoms. The van der Waals surface area contributed by atoms with E-state index in [1.54, 1.807) is 0 Å². The molecule has 0 aliphatic carbocycles. The molecular weight excluding hydrogens is 298 g/mol. The minimum atomic E-state index is -0.475. The second-order valence-corrected chi connectivity index (χ2v) is 6.14. The van der Waals surface area contributed by atoms with Crippen LogP contribution in [0.25, 0.3) is 0 Å². The summed E-state index contributed by atoms with van der Waals surface area (Å²) in [4.78, 5) is 12.7. The molecule has 0 unspecified atom stereocenters. The Morgan fingerprint density at radius 3 is 2.75 bits per heavy atom. The van der Waals surface area contributed by atoms with Gasteiger partial charge in [-0.15, -0.1) is 10.2 Å². The Morgan fingerprint density at radius 1 is 1.45 bits per heavy atom. The van der Waals surface area contributed by atoms with Crippen LogP contribution < -0.4 is 4.90 Å². The first kappa shape index (κ1) is 14.2. The van der Waals surface area contributed by atoms with Gasteiger partial charge < -0.3 is 4.90 Å². The molecule has 1 heterocycles. The number of hydrogen-bond acceptors (Lipinski definition) is 8. The number of anilines is 1. The number of nitrogens with zero attached hydrogens (tertiary/aromatic N) is 5. The molecule has 0 bridgehead atoms. The number of aromatic nitrogens is 2. The summed E-state index contributed by atoms with van der Waals surface area (Å²) in [6.45, 7) is 0. The molecule has 0 atom stereocenters. The largest absolute Gasteiger partial charge is 0.353 e. The number of nitro groups is 1. The zero-order chi connectivity index (χ0) is 14.7. The van der Waals surface area contributed by atoms with Crippen LogP contribution in [0.4, 0.5) is 10.8 Å². The third-order valence-corrected chi connectivity index (χ3v) is 4.45. The average molecular weight is 307 g/mol. The van der Waals surface area contributed by atoms with Gasteiger partial charge >= 0.3 is 0 Å². The van der Waals surface area contributed by atoms with Gasteiger partial charge in [0.2, 0.25) is 5.13 Å². The molecule has 0 saturated heterocycles. The van der Waals surface area contributed by atoms with Gasteiger partial charge in [-0.25, -0.2) is 0 Å². The highest BCUT2D eigenvalue weighted by Gasteiger charge is 2.17. The lowest BCUT2D eigenvalue weighted by Gasteiger charge is -2.03. The predicted molar refractivity (Wildman–Crippen MR) is 76.2 cm³/mol. The SMILES string of the molecule is CN(C)c1nnc(Sc2cc(C#N)ccc2[N+](=O)[O-])s1. The number of rotatable bonds is 4. The molecule has 2 aromatic rings. The monoisotopic (exact) mass is 307 g/mol. The van der Waals surface area contributed by atoms with Crippen LogP contribution in [0, 0.1) is 21.4 Å². The van der Waals surface area contributed by atoms with E-state index in [-0.39, 0.29) is 5.69 Å². The Kier molecular flexibility index (Phi) is 4.16. The number of hydrogen-bond donors (Lipinski definition) is 0. The summed E-state index contributed by atoms with van der Waals surface area (Å²) >= 11 is 2.47. The van der Waals surface area contributed by atoms with Crippen molar-refractivity contribution >= 4 is 33.9 Å². The van der Waals surface area contributed by atoms with E-state index in [4.69, 9.17) is 5.26 Å². The van der Waals surface area contributed by atoms with Gasteiger partial charge in [0.1, 0.15) is 0 Å². The maximum Gasteiger partial charge on any atom is 0.283 e. The van der Waals surface area contributed by atoms with Crippen molar-refractivity contribution in [2.75, 3.05) is 19.0 Å². The molecule has 9 heteroatoms. The van der Waals surface area contributed by atoms with Crippen molar-refractivity contribution in [1.82, 2.24) is 10.2 Å². The lowest BCUT2D eigenvalue weighted by Crippen LogP contribution is -2.07. The summed E-state index contributed by atoms with van der Waals surface area (Å²) < 4.78 is 0.590. The van der Waals surface area contributed by atoms with Crippen LogP contribution >= 0.6 is 23.1 Å². The minimum Gasteiger partial charge on any atom is -0.353 e. The molecule has 0 N–H and O–H groups in total. The standard InChI is InChI=1S/C11H9N5O2S2/c1-15(2)10-13-14-11(20-10)19-9-5-7(6-12)3-4-8(9)16(17)18/h3-5H,1-2H3. The Hall–Kier alpha value is -2.18. The van der Waals surface area contributed by atoms with E-state index in [1.165, 1.54) is 29.5 Å². The zero-order valence-electron chi connectivity index (χ0n) is 10.6. The van der Waals surface area contributed by atoms with Crippen LogP contribution in [0.2, 0.25) is 0 Å². The second-order valence-electron chi connectivity index (χ2n) is 3.90. The predicted octanol–water partition coefficient (Wildman–Crippen LogP) is 2.54. The number of nitriles is 1. The second kappa shape index (κ2) is 5.85. The van der Waals surface area contributed by atoms with E-state index in [9.17, 15) is 10.1 Å². The maximum absolute atomic E-state index is 11.0. The van der Waals surface area contributed by atoms with E-state index in [0.717, 1.165) is 11.8 Å². The fourth-order valence-corrected chi connectivity index (χ4v) is 3.20. The maximum atomic E-state index is 11.0. The lowest BCUT2D eigenvalue weighted by atomic mass is 10.2. The number of benzene rings is 1. The minimum absolute atomic E-state index is 0.0457. The van der Waals surface area contributed by atoms with E-state index >= 15 is 0 Å². The number of nitro benzene ring substituents is 1. The Morgan fingerprint density at radius 2 is 2.20 bits per heavy atom. The Bertz CT molecular complexity index is 692. The normalized spacial score (nSPS) is 10.1. The van der Waals surface area contributed by atoms with Crippen LogP contribution in [0.1, 0.15) is 5.56 Å². The Balaban J connectivity index is 2.35. The van der Waals surface area contributed by atoms with Crippen molar-refractivity contribution in [3.05, 3.63) is 33.9 Å². The fourth-order valence-electron chi connectivity index (χ4n) is 1.33. The molecule has 2 rings (SSSR count).